The Labute approximate surface area is 91.9 Å². The Kier molecular flexibility index (Phi) is 3.25. The monoisotopic (exact) mass is 227 g/mol. The summed E-state index contributed by atoms with van der Waals surface area (Å²) in [4.78, 5) is 10.4. The predicted molar refractivity (Wildman–Crippen MR) is 55.9 cm³/mol. The summed E-state index contributed by atoms with van der Waals surface area (Å²) in [7, 11) is 0. The van der Waals surface area contributed by atoms with Gasteiger partial charge in [0.05, 0.1) is 5.75 Å². The fraction of sp³-hybridized carbons (Fsp3) is 0.667. The number of hydrogen-bond donors (Lipinski definition) is 1. The zero-order valence-corrected chi connectivity index (χ0v) is 9.11. The molecule has 1 N–H and O–H groups in total. The van der Waals surface area contributed by atoms with Gasteiger partial charge in [0, 0.05) is 6.04 Å². The number of hydrogen-bond acceptors (Lipinski definition) is 4. The topological polar surface area (TPSA) is 68.0 Å². The summed E-state index contributed by atoms with van der Waals surface area (Å²) in [6, 6.07) is 0.469. The summed E-state index contributed by atoms with van der Waals surface area (Å²) >= 11 is 1.24. The smallest absolute Gasteiger partial charge is 0.313 e. The molecular weight excluding hydrogens is 214 g/mol. The lowest BCUT2D eigenvalue weighted by atomic mass is 10.2. The first kappa shape index (κ1) is 10.5. The van der Waals surface area contributed by atoms with E-state index in [4.69, 9.17) is 5.11 Å². The first-order valence-electron chi connectivity index (χ1n) is 5.01. The van der Waals surface area contributed by atoms with Gasteiger partial charge in [-0.25, -0.2) is 0 Å². The van der Waals surface area contributed by atoms with Crippen LogP contribution in [-0.2, 0) is 4.79 Å². The molecule has 1 heterocycles. The molecule has 0 saturated heterocycles. The second-order valence-electron chi connectivity index (χ2n) is 3.64. The Morgan fingerprint density at radius 3 is 3.00 bits per heavy atom. The lowest BCUT2D eigenvalue weighted by molar-refractivity contribution is -0.133. The third-order valence-electron chi connectivity index (χ3n) is 2.58. The lowest BCUT2D eigenvalue weighted by Crippen LogP contribution is -2.06. The maximum absolute atomic E-state index is 10.4. The van der Waals surface area contributed by atoms with E-state index in [1.807, 2.05) is 4.57 Å². The van der Waals surface area contributed by atoms with Crippen molar-refractivity contribution in [2.75, 3.05) is 5.75 Å². The molecule has 1 saturated carbocycles. The molecule has 82 valence electrons. The zero-order valence-electron chi connectivity index (χ0n) is 8.30. The average molecular weight is 227 g/mol. The molecule has 1 aliphatic carbocycles. The van der Waals surface area contributed by atoms with Crippen LogP contribution >= 0.6 is 11.8 Å². The molecular formula is C9H13N3O2S. The molecule has 6 heteroatoms. The number of rotatable bonds is 4. The van der Waals surface area contributed by atoms with Crippen LogP contribution in [0.5, 0.6) is 0 Å². The Morgan fingerprint density at radius 2 is 2.33 bits per heavy atom. The zero-order chi connectivity index (χ0) is 10.7. The van der Waals surface area contributed by atoms with Crippen molar-refractivity contribution in [2.45, 2.75) is 36.9 Å². The Bertz CT molecular complexity index is 347. The molecule has 15 heavy (non-hydrogen) atoms. The minimum absolute atomic E-state index is 0.0470. The quantitative estimate of drug-likeness (QED) is 0.791. The summed E-state index contributed by atoms with van der Waals surface area (Å²) in [5.41, 5.74) is 0. The molecule has 0 spiro atoms. The van der Waals surface area contributed by atoms with Crippen LogP contribution in [0.15, 0.2) is 11.5 Å². The van der Waals surface area contributed by atoms with Crippen molar-refractivity contribution in [2.24, 2.45) is 0 Å². The highest BCUT2D eigenvalue weighted by Crippen LogP contribution is 2.32. The van der Waals surface area contributed by atoms with E-state index in [0.717, 1.165) is 18.0 Å². The van der Waals surface area contributed by atoms with E-state index in [1.54, 1.807) is 6.33 Å². The van der Waals surface area contributed by atoms with Crippen LogP contribution in [-0.4, -0.2) is 31.6 Å². The van der Waals surface area contributed by atoms with E-state index in [0.29, 0.717) is 6.04 Å². The molecule has 1 aromatic rings. The van der Waals surface area contributed by atoms with E-state index in [9.17, 15) is 4.79 Å². The molecule has 2 rings (SSSR count). The highest BCUT2D eigenvalue weighted by Gasteiger charge is 2.20. The Morgan fingerprint density at radius 1 is 1.60 bits per heavy atom. The van der Waals surface area contributed by atoms with Gasteiger partial charge in [0.1, 0.15) is 6.33 Å². The van der Waals surface area contributed by atoms with Gasteiger partial charge in [-0.2, -0.15) is 0 Å². The number of carboxylic acid groups (broad SMARTS) is 1. The van der Waals surface area contributed by atoms with Crippen molar-refractivity contribution in [3.63, 3.8) is 0 Å². The van der Waals surface area contributed by atoms with E-state index in [2.05, 4.69) is 10.2 Å². The van der Waals surface area contributed by atoms with Crippen LogP contribution in [0, 0.1) is 0 Å². The summed E-state index contributed by atoms with van der Waals surface area (Å²) in [6.45, 7) is 0. The van der Waals surface area contributed by atoms with Gasteiger partial charge in [-0.15, -0.1) is 10.2 Å². The van der Waals surface area contributed by atoms with Crippen molar-refractivity contribution in [3.8, 4) is 0 Å². The highest BCUT2D eigenvalue weighted by molar-refractivity contribution is 7.99. The first-order chi connectivity index (χ1) is 7.27. The number of nitrogens with zero attached hydrogens (tertiary/aromatic N) is 3. The number of thioether (sulfide) groups is 1. The van der Waals surface area contributed by atoms with Gasteiger partial charge >= 0.3 is 5.97 Å². The SMILES string of the molecule is O=C(O)CSc1nncn1C1CCCC1. The Hall–Kier alpha value is -1.04. The second-order valence-corrected chi connectivity index (χ2v) is 4.58. The molecule has 1 fully saturated rings. The number of carbonyl (C=O) groups is 1. The van der Waals surface area contributed by atoms with Crippen LogP contribution in [0.4, 0.5) is 0 Å². The summed E-state index contributed by atoms with van der Waals surface area (Å²) < 4.78 is 2.01. The number of carboxylic acids is 1. The van der Waals surface area contributed by atoms with Crippen LogP contribution in [0.1, 0.15) is 31.7 Å². The molecule has 0 bridgehead atoms. The molecule has 1 aliphatic rings. The molecule has 0 aliphatic heterocycles. The maximum atomic E-state index is 10.4. The average Bonchev–Trinajstić information content (AvgIpc) is 2.85. The standard InChI is InChI=1S/C9H13N3O2S/c13-8(14)5-15-9-11-10-6-12(9)7-3-1-2-4-7/h6-7H,1-5H2,(H,13,14). The van der Waals surface area contributed by atoms with Gasteiger partial charge < -0.3 is 9.67 Å². The van der Waals surface area contributed by atoms with Crippen LogP contribution in [0.3, 0.4) is 0 Å². The normalized spacial score (nSPS) is 17.1. The van der Waals surface area contributed by atoms with Crippen molar-refractivity contribution in [1.82, 2.24) is 14.8 Å². The second kappa shape index (κ2) is 4.65. The van der Waals surface area contributed by atoms with Crippen molar-refractivity contribution < 1.29 is 9.90 Å². The van der Waals surface area contributed by atoms with Crippen LogP contribution in [0.2, 0.25) is 0 Å². The molecule has 0 aromatic carbocycles. The van der Waals surface area contributed by atoms with Gasteiger partial charge in [0.25, 0.3) is 0 Å². The minimum atomic E-state index is -0.819. The first-order valence-corrected chi connectivity index (χ1v) is 6.00. The van der Waals surface area contributed by atoms with Gasteiger partial charge in [0.15, 0.2) is 5.16 Å². The molecule has 5 nitrogen and oxygen atoms in total. The van der Waals surface area contributed by atoms with Crippen molar-refractivity contribution in [1.29, 1.82) is 0 Å². The highest BCUT2D eigenvalue weighted by atomic mass is 32.2. The third-order valence-corrected chi connectivity index (χ3v) is 3.52. The fourth-order valence-corrected chi connectivity index (χ4v) is 2.60. The van der Waals surface area contributed by atoms with Crippen molar-refractivity contribution >= 4 is 17.7 Å². The minimum Gasteiger partial charge on any atom is -0.481 e. The van der Waals surface area contributed by atoms with Crippen LogP contribution in [0.25, 0.3) is 0 Å². The fourth-order valence-electron chi connectivity index (χ4n) is 1.89. The molecule has 0 amide bonds. The predicted octanol–water partition coefficient (Wildman–Crippen LogP) is 1.57. The van der Waals surface area contributed by atoms with Gasteiger partial charge in [0.2, 0.25) is 0 Å². The van der Waals surface area contributed by atoms with E-state index < -0.39 is 5.97 Å². The summed E-state index contributed by atoms with van der Waals surface area (Å²) in [5, 5.41) is 17.1. The largest absolute Gasteiger partial charge is 0.481 e. The maximum Gasteiger partial charge on any atom is 0.313 e. The van der Waals surface area contributed by atoms with E-state index in [1.165, 1.54) is 24.6 Å². The summed E-state index contributed by atoms with van der Waals surface area (Å²) in [5.74, 6) is -0.772. The summed E-state index contributed by atoms with van der Waals surface area (Å²) in [6.07, 6.45) is 6.50. The number of aromatic nitrogens is 3. The molecule has 0 radical (unpaired) electrons. The molecule has 0 unspecified atom stereocenters. The van der Waals surface area contributed by atoms with Gasteiger partial charge in [-0.05, 0) is 12.8 Å². The van der Waals surface area contributed by atoms with Gasteiger partial charge in [-0.3, -0.25) is 4.79 Å². The lowest BCUT2D eigenvalue weighted by Gasteiger charge is -2.12. The van der Waals surface area contributed by atoms with Gasteiger partial charge in [-0.1, -0.05) is 24.6 Å². The third kappa shape index (κ3) is 2.50. The van der Waals surface area contributed by atoms with E-state index >= 15 is 0 Å². The number of aliphatic carboxylic acids is 1. The van der Waals surface area contributed by atoms with Crippen LogP contribution < -0.4 is 0 Å². The Balaban J connectivity index is 2.04. The molecule has 0 atom stereocenters. The van der Waals surface area contributed by atoms with E-state index in [-0.39, 0.29) is 5.75 Å². The van der Waals surface area contributed by atoms with Crippen molar-refractivity contribution in [3.05, 3.63) is 6.33 Å². The molecule has 1 aromatic heterocycles.